The third-order valence-electron chi connectivity index (χ3n) is 8.08. The molecule has 0 bridgehead atoms. The predicted molar refractivity (Wildman–Crippen MR) is 150 cm³/mol. The number of anilines is 1. The van der Waals surface area contributed by atoms with E-state index < -0.39 is 0 Å². The minimum atomic E-state index is 0.406. The van der Waals surface area contributed by atoms with E-state index in [1.165, 1.54) is 75.5 Å². The second-order valence-electron chi connectivity index (χ2n) is 11.5. The maximum absolute atomic E-state index is 5.30. The van der Waals surface area contributed by atoms with Crippen LogP contribution < -0.4 is 10.1 Å². The zero-order valence-electron chi connectivity index (χ0n) is 23.0. The molecule has 2 aromatic carbocycles. The van der Waals surface area contributed by atoms with Crippen LogP contribution in [0.4, 0.5) is 5.69 Å². The van der Waals surface area contributed by atoms with Crippen molar-refractivity contribution in [2.45, 2.75) is 98.8 Å². The molecular formula is C32H51NO. The summed E-state index contributed by atoms with van der Waals surface area (Å²) in [4.78, 5) is 0. The van der Waals surface area contributed by atoms with Gasteiger partial charge in [0.15, 0.2) is 0 Å². The normalized spacial score (nSPS) is 14.4. The molecule has 2 unspecified atom stereocenters. The molecule has 34 heavy (non-hydrogen) atoms. The summed E-state index contributed by atoms with van der Waals surface area (Å²) in [6, 6.07) is 19.4. The first-order valence-electron chi connectivity index (χ1n) is 13.7. The van der Waals surface area contributed by atoms with E-state index in [1.54, 1.807) is 7.11 Å². The molecule has 1 N–H and O–H groups in total. The van der Waals surface area contributed by atoms with Crippen molar-refractivity contribution < 1.29 is 4.74 Å². The van der Waals surface area contributed by atoms with Crippen molar-refractivity contribution in [3.05, 3.63) is 60.2 Å². The molecule has 0 radical (unpaired) electrons. The summed E-state index contributed by atoms with van der Waals surface area (Å²) in [6.07, 6.45) is 13.0. The van der Waals surface area contributed by atoms with Gasteiger partial charge in [-0.05, 0) is 78.7 Å². The molecule has 0 fully saturated rings. The lowest BCUT2D eigenvalue weighted by molar-refractivity contribution is 0.263. The van der Waals surface area contributed by atoms with Crippen LogP contribution >= 0.6 is 0 Å². The van der Waals surface area contributed by atoms with Gasteiger partial charge in [0.25, 0.3) is 0 Å². The number of nitrogens with one attached hydrogen (secondary N) is 1. The number of unbranched alkanes of at least 4 members (excludes halogenated alkanes) is 1. The first-order chi connectivity index (χ1) is 16.3. The summed E-state index contributed by atoms with van der Waals surface area (Å²) in [6.45, 7) is 13.1. The SMILES string of the molecule is CCC(C)(C)CCCC(CCCCC(C)(CC)Cc1ccccc1)CNc1ccc(OC)cc1. The molecule has 0 aliphatic carbocycles. The average Bonchev–Trinajstić information content (AvgIpc) is 2.85. The quantitative estimate of drug-likeness (QED) is 0.235. The van der Waals surface area contributed by atoms with Gasteiger partial charge in [0, 0.05) is 12.2 Å². The second kappa shape index (κ2) is 14.4. The highest BCUT2D eigenvalue weighted by molar-refractivity contribution is 5.46. The molecule has 0 spiro atoms. The third-order valence-corrected chi connectivity index (χ3v) is 8.08. The molecule has 190 valence electrons. The largest absolute Gasteiger partial charge is 0.497 e. The highest BCUT2D eigenvalue weighted by Crippen LogP contribution is 2.34. The van der Waals surface area contributed by atoms with Gasteiger partial charge in [-0.3, -0.25) is 0 Å². The van der Waals surface area contributed by atoms with Gasteiger partial charge in [0.2, 0.25) is 0 Å². The van der Waals surface area contributed by atoms with Crippen LogP contribution in [0.25, 0.3) is 0 Å². The molecule has 0 amide bonds. The lowest BCUT2D eigenvalue weighted by atomic mass is 9.76. The predicted octanol–water partition coefficient (Wildman–Crippen LogP) is 9.55. The van der Waals surface area contributed by atoms with E-state index >= 15 is 0 Å². The van der Waals surface area contributed by atoms with Crippen molar-refractivity contribution in [3.63, 3.8) is 0 Å². The Hall–Kier alpha value is -1.96. The fraction of sp³-hybridized carbons (Fsp3) is 0.625. The van der Waals surface area contributed by atoms with Crippen LogP contribution in [0.2, 0.25) is 0 Å². The van der Waals surface area contributed by atoms with Crippen LogP contribution in [-0.4, -0.2) is 13.7 Å². The van der Waals surface area contributed by atoms with Gasteiger partial charge in [0.05, 0.1) is 7.11 Å². The standard InChI is InChI=1S/C32H51NO/c1-7-31(3,4)23-14-18-28(26-33-29-19-21-30(34-6)22-20-29)17-12-13-24-32(5,8-2)25-27-15-10-9-11-16-27/h9-11,15-16,19-22,28,33H,7-8,12-14,17-18,23-26H2,1-6H3. The van der Waals surface area contributed by atoms with E-state index in [-0.39, 0.29) is 0 Å². The lowest BCUT2D eigenvalue weighted by Gasteiger charge is -2.29. The molecule has 2 atom stereocenters. The smallest absolute Gasteiger partial charge is 0.119 e. The number of rotatable bonds is 17. The highest BCUT2D eigenvalue weighted by atomic mass is 16.5. The third kappa shape index (κ3) is 10.5. The molecule has 2 rings (SSSR count). The maximum Gasteiger partial charge on any atom is 0.119 e. The van der Waals surface area contributed by atoms with Crippen LogP contribution in [0.15, 0.2) is 54.6 Å². The molecule has 0 aliphatic heterocycles. The fourth-order valence-corrected chi connectivity index (χ4v) is 4.83. The zero-order chi connectivity index (χ0) is 24.9. The molecule has 0 saturated heterocycles. The van der Waals surface area contributed by atoms with Crippen molar-refractivity contribution >= 4 is 5.69 Å². The Bertz CT molecular complexity index is 782. The van der Waals surface area contributed by atoms with Gasteiger partial charge in [-0.25, -0.2) is 0 Å². The number of hydrogen-bond acceptors (Lipinski definition) is 2. The summed E-state index contributed by atoms with van der Waals surface area (Å²) in [7, 11) is 1.72. The Morgan fingerprint density at radius 1 is 0.794 bits per heavy atom. The topological polar surface area (TPSA) is 21.3 Å². The number of hydrogen-bond donors (Lipinski definition) is 1. The van der Waals surface area contributed by atoms with E-state index in [2.05, 4.69) is 82.4 Å². The molecule has 0 heterocycles. The van der Waals surface area contributed by atoms with E-state index in [1.807, 2.05) is 12.1 Å². The van der Waals surface area contributed by atoms with E-state index in [0.717, 1.165) is 18.2 Å². The minimum absolute atomic E-state index is 0.406. The highest BCUT2D eigenvalue weighted by Gasteiger charge is 2.22. The van der Waals surface area contributed by atoms with Crippen LogP contribution in [0.1, 0.15) is 98.0 Å². The fourth-order valence-electron chi connectivity index (χ4n) is 4.83. The number of ether oxygens (including phenoxy) is 1. The molecule has 2 nitrogen and oxygen atoms in total. The second-order valence-corrected chi connectivity index (χ2v) is 11.5. The first kappa shape index (κ1) is 28.3. The Kier molecular flexibility index (Phi) is 12.0. The van der Waals surface area contributed by atoms with Gasteiger partial charge in [-0.1, -0.05) is 97.1 Å². The lowest BCUT2D eigenvalue weighted by Crippen LogP contribution is -2.19. The van der Waals surface area contributed by atoms with Gasteiger partial charge in [-0.15, -0.1) is 0 Å². The molecule has 0 aromatic heterocycles. The van der Waals surface area contributed by atoms with Crippen molar-refractivity contribution in [3.8, 4) is 5.75 Å². The molecule has 0 aliphatic rings. The van der Waals surface area contributed by atoms with Crippen molar-refractivity contribution in [2.75, 3.05) is 19.0 Å². The summed E-state index contributed by atoms with van der Waals surface area (Å²) < 4.78 is 5.30. The first-order valence-corrected chi connectivity index (χ1v) is 13.7. The van der Waals surface area contributed by atoms with Gasteiger partial charge in [-0.2, -0.15) is 0 Å². The van der Waals surface area contributed by atoms with Crippen molar-refractivity contribution in [2.24, 2.45) is 16.7 Å². The maximum atomic E-state index is 5.30. The minimum Gasteiger partial charge on any atom is -0.497 e. The average molecular weight is 466 g/mol. The molecular weight excluding hydrogens is 414 g/mol. The van der Waals surface area contributed by atoms with Gasteiger partial charge >= 0.3 is 0 Å². The zero-order valence-corrected chi connectivity index (χ0v) is 23.0. The van der Waals surface area contributed by atoms with Crippen LogP contribution in [0.3, 0.4) is 0 Å². The summed E-state index contributed by atoms with van der Waals surface area (Å²) in [5.74, 6) is 1.65. The van der Waals surface area contributed by atoms with Crippen molar-refractivity contribution in [1.82, 2.24) is 0 Å². The summed E-state index contributed by atoms with van der Waals surface area (Å²) in [5.41, 5.74) is 3.55. The van der Waals surface area contributed by atoms with Crippen LogP contribution in [0, 0.1) is 16.7 Å². The Labute approximate surface area is 210 Å². The Morgan fingerprint density at radius 3 is 2.09 bits per heavy atom. The molecule has 0 saturated carbocycles. The molecule has 2 heteroatoms. The Morgan fingerprint density at radius 2 is 1.47 bits per heavy atom. The molecule has 2 aromatic rings. The van der Waals surface area contributed by atoms with E-state index in [4.69, 9.17) is 4.74 Å². The van der Waals surface area contributed by atoms with E-state index in [9.17, 15) is 0 Å². The summed E-state index contributed by atoms with van der Waals surface area (Å²) >= 11 is 0. The van der Waals surface area contributed by atoms with Crippen LogP contribution in [-0.2, 0) is 6.42 Å². The van der Waals surface area contributed by atoms with E-state index in [0.29, 0.717) is 10.8 Å². The Balaban J connectivity index is 1.85. The summed E-state index contributed by atoms with van der Waals surface area (Å²) in [5, 5.41) is 3.70. The number of methoxy groups -OCH3 is 1. The number of benzene rings is 2. The van der Waals surface area contributed by atoms with Gasteiger partial charge < -0.3 is 10.1 Å². The monoisotopic (exact) mass is 465 g/mol. The van der Waals surface area contributed by atoms with Gasteiger partial charge in [0.1, 0.15) is 5.75 Å². The van der Waals surface area contributed by atoms with Crippen molar-refractivity contribution in [1.29, 1.82) is 0 Å². The van der Waals surface area contributed by atoms with Crippen LogP contribution in [0.5, 0.6) is 5.75 Å².